The third-order valence-electron chi connectivity index (χ3n) is 4.89. The van der Waals surface area contributed by atoms with E-state index in [9.17, 15) is 9.90 Å². The van der Waals surface area contributed by atoms with Gasteiger partial charge in [0.1, 0.15) is 16.9 Å². The van der Waals surface area contributed by atoms with Crippen molar-refractivity contribution in [3.8, 4) is 17.2 Å². The summed E-state index contributed by atoms with van der Waals surface area (Å²) in [5.41, 5.74) is 1.97. The van der Waals surface area contributed by atoms with Gasteiger partial charge in [0.25, 0.3) is 0 Å². The van der Waals surface area contributed by atoms with Crippen LogP contribution in [0.5, 0.6) is 17.2 Å². The number of para-hydroxylation sites is 1. The molecule has 1 aromatic heterocycles. The van der Waals surface area contributed by atoms with Crippen LogP contribution in [0, 0.1) is 0 Å². The second-order valence-electron chi connectivity index (χ2n) is 6.39. The van der Waals surface area contributed by atoms with Crippen LogP contribution in [0.1, 0.15) is 29.2 Å². The molecule has 0 amide bonds. The summed E-state index contributed by atoms with van der Waals surface area (Å²) >= 11 is 0. The predicted octanol–water partition coefficient (Wildman–Crippen LogP) is 3.62. The Morgan fingerprint density at radius 2 is 1.93 bits per heavy atom. The van der Waals surface area contributed by atoms with Crippen LogP contribution < -0.4 is 15.1 Å². The van der Waals surface area contributed by atoms with E-state index in [4.69, 9.17) is 13.9 Å². The average Bonchev–Trinajstić information content (AvgIpc) is 3.08. The fourth-order valence-corrected chi connectivity index (χ4v) is 3.49. The highest BCUT2D eigenvalue weighted by atomic mass is 16.5. The van der Waals surface area contributed by atoms with Crippen LogP contribution in [-0.4, -0.2) is 25.5 Å². The number of ether oxygens (including phenoxy) is 2. The summed E-state index contributed by atoms with van der Waals surface area (Å²) in [5.74, 6) is 1.22. The van der Waals surface area contributed by atoms with Gasteiger partial charge in [-0.15, -0.1) is 0 Å². The van der Waals surface area contributed by atoms with Crippen molar-refractivity contribution in [2.45, 2.75) is 18.9 Å². The fourth-order valence-electron chi connectivity index (χ4n) is 3.49. The Bertz CT molecular complexity index is 1100. The van der Waals surface area contributed by atoms with Crippen LogP contribution in [0.2, 0.25) is 0 Å². The number of methoxy groups -OCH3 is 2. The van der Waals surface area contributed by atoms with Crippen LogP contribution in [0.4, 0.5) is 0 Å². The van der Waals surface area contributed by atoms with Crippen LogP contribution in [-0.2, 0) is 6.42 Å². The average molecular weight is 365 g/mol. The van der Waals surface area contributed by atoms with E-state index in [0.29, 0.717) is 22.5 Å². The molecule has 1 unspecified atom stereocenters. The lowest BCUT2D eigenvalue weighted by Gasteiger charge is -2.12. The molecule has 0 fully saturated rings. The van der Waals surface area contributed by atoms with Crippen molar-refractivity contribution in [3.05, 3.63) is 63.5 Å². The van der Waals surface area contributed by atoms with Crippen LogP contribution in [0.15, 0.2) is 50.6 Å². The number of nitrogens with zero attached hydrogens (tertiary/aromatic N) is 1. The van der Waals surface area contributed by atoms with Crippen molar-refractivity contribution in [1.82, 2.24) is 0 Å². The van der Waals surface area contributed by atoms with Gasteiger partial charge in [-0.3, -0.25) is 4.99 Å². The Kier molecular flexibility index (Phi) is 4.32. The number of aromatic hydroxyl groups is 1. The van der Waals surface area contributed by atoms with E-state index in [1.807, 2.05) is 12.1 Å². The molecular formula is C21H19NO5. The molecule has 138 valence electrons. The van der Waals surface area contributed by atoms with Gasteiger partial charge in [-0.1, -0.05) is 12.1 Å². The number of rotatable bonds is 4. The Labute approximate surface area is 155 Å². The van der Waals surface area contributed by atoms with Gasteiger partial charge in [-0.2, -0.15) is 0 Å². The lowest BCUT2D eigenvalue weighted by molar-refractivity contribution is 0.354. The van der Waals surface area contributed by atoms with E-state index in [1.54, 1.807) is 38.5 Å². The molecule has 0 aliphatic heterocycles. The maximum atomic E-state index is 12.2. The first kappa shape index (κ1) is 17.1. The number of aryl methyl sites for hydroxylation is 1. The van der Waals surface area contributed by atoms with E-state index in [2.05, 4.69) is 4.99 Å². The van der Waals surface area contributed by atoms with Crippen molar-refractivity contribution in [2.75, 3.05) is 14.2 Å². The molecule has 0 spiro atoms. The normalized spacial score (nSPS) is 16.0. The summed E-state index contributed by atoms with van der Waals surface area (Å²) in [6.07, 6.45) is 3.07. The number of aliphatic imine (C=N–C) groups is 1. The Morgan fingerprint density at radius 3 is 2.70 bits per heavy atom. The van der Waals surface area contributed by atoms with Crippen molar-refractivity contribution >= 4 is 17.2 Å². The minimum absolute atomic E-state index is 0.0580. The predicted molar refractivity (Wildman–Crippen MR) is 102 cm³/mol. The lowest BCUT2D eigenvalue weighted by atomic mass is 10.1. The third kappa shape index (κ3) is 2.93. The highest BCUT2D eigenvalue weighted by Crippen LogP contribution is 2.41. The molecule has 1 heterocycles. The first-order chi connectivity index (χ1) is 13.1. The summed E-state index contributed by atoms with van der Waals surface area (Å²) in [6.45, 7) is 0. The topological polar surface area (TPSA) is 81.3 Å². The zero-order chi connectivity index (χ0) is 19.0. The SMILES string of the molecule is COc1cc2c(cc1OC)C(N=Cc1c(O)c3ccccc3oc1=O)CC2. The monoisotopic (exact) mass is 365 g/mol. The molecule has 1 atom stereocenters. The van der Waals surface area contributed by atoms with Gasteiger partial charge in [0.2, 0.25) is 0 Å². The molecule has 2 aromatic carbocycles. The largest absolute Gasteiger partial charge is 0.506 e. The molecule has 6 heteroatoms. The van der Waals surface area contributed by atoms with Gasteiger partial charge < -0.3 is 19.0 Å². The summed E-state index contributed by atoms with van der Waals surface area (Å²) in [4.78, 5) is 16.8. The van der Waals surface area contributed by atoms with Crippen molar-refractivity contribution in [1.29, 1.82) is 0 Å². The highest BCUT2D eigenvalue weighted by molar-refractivity contribution is 5.93. The summed E-state index contributed by atoms with van der Waals surface area (Å²) in [7, 11) is 3.20. The molecule has 27 heavy (non-hydrogen) atoms. The minimum Gasteiger partial charge on any atom is -0.506 e. The zero-order valence-electron chi connectivity index (χ0n) is 15.1. The van der Waals surface area contributed by atoms with E-state index >= 15 is 0 Å². The molecule has 0 bridgehead atoms. The summed E-state index contributed by atoms with van der Waals surface area (Å²) < 4.78 is 16.0. The molecule has 1 N–H and O–H groups in total. The van der Waals surface area contributed by atoms with Gasteiger partial charge in [0.05, 0.1) is 25.6 Å². The Balaban J connectivity index is 1.72. The lowest BCUT2D eigenvalue weighted by Crippen LogP contribution is -2.07. The standard InChI is InChI=1S/C21H19NO5/c1-25-18-9-12-7-8-16(14(12)10-19(18)26-2)22-11-15-20(23)13-5-3-4-6-17(13)27-21(15)24/h3-6,9-11,16,23H,7-8H2,1-2H3. The number of hydrogen-bond donors (Lipinski definition) is 1. The molecular weight excluding hydrogens is 346 g/mol. The van der Waals surface area contributed by atoms with E-state index in [1.165, 1.54) is 6.21 Å². The van der Waals surface area contributed by atoms with E-state index in [0.717, 1.165) is 24.0 Å². The van der Waals surface area contributed by atoms with Gasteiger partial charge >= 0.3 is 5.63 Å². The number of fused-ring (bicyclic) bond motifs is 2. The molecule has 4 rings (SSSR count). The third-order valence-corrected chi connectivity index (χ3v) is 4.89. The summed E-state index contributed by atoms with van der Waals surface area (Å²) in [5, 5.41) is 10.9. The summed E-state index contributed by atoms with van der Waals surface area (Å²) in [6, 6.07) is 10.6. The van der Waals surface area contributed by atoms with Gasteiger partial charge in [0, 0.05) is 6.21 Å². The number of hydrogen-bond acceptors (Lipinski definition) is 6. The smallest absolute Gasteiger partial charge is 0.348 e. The molecule has 1 aliphatic carbocycles. The molecule has 0 radical (unpaired) electrons. The quantitative estimate of drug-likeness (QED) is 0.564. The molecule has 1 aliphatic rings. The van der Waals surface area contributed by atoms with Crippen LogP contribution in [0.25, 0.3) is 11.0 Å². The second kappa shape index (κ2) is 6.79. The maximum absolute atomic E-state index is 12.2. The van der Waals surface area contributed by atoms with Gasteiger partial charge in [0.15, 0.2) is 11.5 Å². The minimum atomic E-state index is -0.611. The first-order valence-corrected chi connectivity index (χ1v) is 8.65. The van der Waals surface area contributed by atoms with Crippen molar-refractivity contribution in [3.63, 3.8) is 0 Å². The van der Waals surface area contributed by atoms with Crippen molar-refractivity contribution < 1.29 is 19.0 Å². The molecule has 0 saturated heterocycles. The highest BCUT2D eigenvalue weighted by Gasteiger charge is 2.24. The Hall–Kier alpha value is -3.28. The first-order valence-electron chi connectivity index (χ1n) is 8.65. The molecule has 3 aromatic rings. The van der Waals surface area contributed by atoms with Crippen LogP contribution >= 0.6 is 0 Å². The van der Waals surface area contributed by atoms with E-state index < -0.39 is 5.63 Å². The fraction of sp³-hybridized carbons (Fsp3) is 0.238. The second-order valence-corrected chi connectivity index (χ2v) is 6.39. The molecule has 6 nitrogen and oxygen atoms in total. The maximum Gasteiger partial charge on any atom is 0.348 e. The van der Waals surface area contributed by atoms with Crippen molar-refractivity contribution in [2.24, 2.45) is 4.99 Å². The Morgan fingerprint density at radius 1 is 1.19 bits per heavy atom. The van der Waals surface area contributed by atoms with Crippen LogP contribution in [0.3, 0.4) is 0 Å². The van der Waals surface area contributed by atoms with Gasteiger partial charge in [-0.25, -0.2) is 4.79 Å². The number of benzene rings is 2. The zero-order valence-corrected chi connectivity index (χ0v) is 15.1. The molecule has 0 saturated carbocycles. The van der Waals surface area contributed by atoms with E-state index in [-0.39, 0.29) is 17.4 Å². The van der Waals surface area contributed by atoms with Gasteiger partial charge in [-0.05, 0) is 48.2 Å².